The lowest BCUT2D eigenvalue weighted by Gasteiger charge is -2.04. The molecule has 0 aliphatic carbocycles. The maximum absolute atomic E-state index is 13.3. The van der Waals surface area contributed by atoms with E-state index >= 15 is 0 Å². The van der Waals surface area contributed by atoms with Crippen LogP contribution in [0.3, 0.4) is 0 Å². The first-order chi connectivity index (χ1) is 6.06. The third-order valence-corrected chi connectivity index (χ3v) is 2.72. The number of hydrogen-bond acceptors (Lipinski definition) is 1. The summed E-state index contributed by atoms with van der Waals surface area (Å²) < 4.78 is 13.8. The third-order valence-electron chi connectivity index (χ3n) is 1.59. The van der Waals surface area contributed by atoms with Gasteiger partial charge in [-0.05, 0) is 40.5 Å². The topological polar surface area (TPSA) is 17.1 Å². The van der Waals surface area contributed by atoms with Crippen molar-refractivity contribution in [3.8, 4) is 0 Å². The summed E-state index contributed by atoms with van der Waals surface area (Å²) in [7, 11) is 0. The van der Waals surface area contributed by atoms with Crippen LogP contribution in [0.15, 0.2) is 16.6 Å². The Morgan fingerprint density at radius 2 is 2.15 bits per heavy atom. The molecule has 0 aromatic heterocycles. The Hall–Kier alpha value is -0.220. The molecule has 0 spiro atoms. The highest BCUT2D eigenvalue weighted by atomic mass is 79.9. The number of hydrogen-bond donors (Lipinski definition) is 0. The number of ketones is 1. The molecule has 13 heavy (non-hydrogen) atoms. The van der Waals surface area contributed by atoms with E-state index in [1.165, 1.54) is 6.07 Å². The Kier molecular flexibility index (Phi) is 3.62. The predicted molar refractivity (Wildman–Crippen MR) is 57.0 cm³/mol. The van der Waals surface area contributed by atoms with E-state index in [1.807, 2.05) is 0 Å². The van der Waals surface area contributed by atoms with Crippen molar-refractivity contribution in [3.05, 3.63) is 33.5 Å². The first-order valence-corrected chi connectivity index (χ1v) is 5.52. The molecule has 0 unspecified atom stereocenters. The van der Waals surface area contributed by atoms with Gasteiger partial charge in [0.15, 0.2) is 5.78 Å². The van der Waals surface area contributed by atoms with E-state index in [4.69, 9.17) is 0 Å². The van der Waals surface area contributed by atoms with Gasteiger partial charge in [0.25, 0.3) is 0 Å². The van der Waals surface area contributed by atoms with Crippen molar-refractivity contribution in [2.45, 2.75) is 6.92 Å². The first-order valence-electron chi connectivity index (χ1n) is 3.61. The highest BCUT2D eigenvalue weighted by Gasteiger charge is 2.14. The molecule has 0 saturated carbocycles. The van der Waals surface area contributed by atoms with Crippen LogP contribution >= 0.6 is 31.9 Å². The smallest absolute Gasteiger partial charge is 0.177 e. The van der Waals surface area contributed by atoms with E-state index < -0.39 is 5.82 Å². The van der Waals surface area contributed by atoms with Crippen molar-refractivity contribution in [1.82, 2.24) is 0 Å². The van der Waals surface area contributed by atoms with Crippen LogP contribution < -0.4 is 0 Å². The van der Waals surface area contributed by atoms with Gasteiger partial charge in [-0.2, -0.15) is 0 Å². The summed E-state index contributed by atoms with van der Waals surface area (Å²) in [6, 6.07) is 3.07. The van der Waals surface area contributed by atoms with Gasteiger partial charge in [-0.15, -0.1) is 0 Å². The van der Waals surface area contributed by atoms with E-state index in [9.17, 15) is 9.18 Å². The normalized spacial score (nSPS) is 10.2. The molecule has 70 valence electrons. The molecule has 0 fully saturated rings. The Balaban J connectivity index is 3.28. The van der Waals surface area contributed by atoms with Crippen molar-refractivity contribution in [1.29, 1.82) is 0 Å². The van der Waals surface area contributed by atoms with Gasteiger partial charge in [-0.3, -0.25) is 4.79 Å². The molecular formula is C9H7Br2FO. The average molecular weight is 310 g/mol. The Labute approximate surface area is 92.6 Å². The van der Waals surface area contributed by atoms with Crippen molar-refractivity contribution < 1.29 is 9.18 Å². The van der Waals surface area contributed by atoms with E-state index in [0.29, 0.717) is 4.47 Å². The fourth-order valence-electron chi connectivity index (χ4n) is 1.03. The van der Waals surface area contributed by atoms with Crippen molar-refractivity contribution >= 4 is 37.6 Å². The number of carbonyl (C=O) groups is 1. The lowest BCUT2D eigenvalue weighted by Crippen LogP contribution is -2.05. The second kappa shape index (κ2) is 4.33. The zero-order valence-corrected chi connectivity index (χ0v) is 10.1. The molecule has 0 heterocycles. The summed E-state index contributed by atoms with van der Waals surface area (Å²) in [6.45, 7) is 1.77. The maximum atomic E-state index is 13.3. The van der Waals surface area contributed by atoms with E-state index in [0.717, 1.165) is 5.56 Å². The van der Waals surface area contributed by atoms with E-state index in [1.54, 1.807) is 13.0 Å². The minimum absolute atomic E-state index is 0.113. The lowest BCUT2D eigenvalue weighted by atomic mass is 10.1. The molecule has 1 rings (SSSR count). The number of benzene rings is 1. The number of carbonyl (C=O) groups excluding carboxylic acids is 1. The quantitative estimate of drug-likeness (QED) is 0.604. The molecule has 0 radical (unpaired) electrons. The van der Waals surface area contributed by atoms with Gasteiger partial charge < -0.3 is 0 Å². The van der Waals surface area contributed by atoms with E-state index in [2.05, 4.69) is 31.9 Å². The van der Waals surface area contributed by atoms with Crippen LogP contribution in [0.4, 0.5) is 4.39 Å². The Morgan fingerprint density at radius 1 is 1.54 bits per heavy atom. The zero-order chi connectivity index (χ0) is 10.0. The molecule has 4 heteroatoms. The molecule has 1 aromatic carbocycles. The monoisotopic (exact) mass is 308 g/mol. The van der Waals surface area contributed by atoms with Crippen LogP contribution in [-0.4, -0.2) is 11.1 Å². The largest absolute Gasteiger partial charge is 0.293 e. The Morgan fingerprint density at radius 3 is 2.62 bits per heavy atom. The number of alkyl halides is 1. The van der Waals surface area contributed by atoms with Crippen molar-refractivity contribution in [3.63, 3.8) is 0 Å². The minimum atomic E-state index is -0.476. The van der Waals surface area contributed by atoms with Gasteiger partial charge in [0.1, 0.15) is 5.82 Å². The van der Waals surface area contributed by atoms with Crippen LogP contribution in [0, 0.1) is 12.7 Å². The molecule has 0 bridgehead atoms. The number of Topliss-reactive ketones (excluding diaryl/α,β-unsaturated/α-hetero) is 1. The van der Waals surface area contributed by atoms with Crippen LogP contribution in [0.5, 0.6) is 0 Å². The van der Waals surface area contributed by atoms with Gasteiger partial charge in [0.2, 0.25) is 0 Å². The zero-order valence-electron chi connectivity index (χ0n) is 6.90. The summed E-state index contributed by atoms with van der Waals surface area (Å²) >= 11 is 6.16. The van der Waals surface area contributed by atoms with Crippen LogP contribution in [0.1, 0.15) is 15.9 Å². The molecular weight excluding hydrogens is 303 g/mol. The second-order valence-electron chi connectivity index (χ2n) is 2.66. The van der Waals surface area contributed by atoms with Crippen LogP contribution in [-0.2, 0) is 0 Å². The fourth-order valence-corrected chi connectivity index (χ4v) is 2.09. The lowest BCUT2D eigenvalue weighted by molar-refractivity contribution is 0.101. The van der Waals surface area contributed by atoms with Gasteiger partial charge in [0.05, 0.1) is 10.9 Å². The summed E-state index contributed by atoms with van der Waals surface area (Å²) in [5.41, 5.74) is 0.901. The molecule has 0 atom stereocenters. The average Bonchev–Trinajstić information content (AvgIpc) is 2.02. The molecule has 1 nitrogen and oxygen atoms in total. The van der Waals surface area contributed by atoms with Gasteiger partial charge in [-0.1, -0.05) is 15.9 Å². The highest BCUT2D eigenvalue weighted by Crippen LogP contribution is 2.22. The summed E-state index contributed by atoms with van der Waals surface area (Å²) in [5.74, 6) is -0.735. The van der Waals surface area contributed by atoms with Crippen molar-refractivity contribution in [2.24, 2.45) is 0 Å². The highest BCUT2D eigenvalue weighted by molar-refractivity contribution is 9.10. The standard InChI is InChI=1S/C9H7Br2FO/c1-5-2-6(11)9(7(12)3-5)8(13)4-10/h2-3H,4H2,1H3. The fraction of sp³-hybridized carbons (Fsp3) is 0.222. The molecule has 1 aromatic rings. The number of rotatable bonds is 2. The second-order valence-corrected chi connectivity index (χ2v) is 4.08. The molecule has 0 N–H and O–H groups in total. The molecule has 0 aliphatic rings. The van der Waals surface area contributed by atoms with Crippen molar-refractivity contribution in [2.75, 3.05) is 5.33 Å². The van der Waals surface area contributed by atoms with Gasteiger partial charge in [0, 0.05) is 4.47 Å². The number of halogens is 3. The summed E-state index contributed by atoms with van der Waals surface area (Å²) in [5, 5.41) is 0.131. The molecule has 0 amide bonds. The minimum Gasteiger partial charge on any atom is -0.293 e. The van der Waals surface area contributed by atoms with Gasteiger partial charge in [-0.25, -0.2) is 4.39 Å². The SMILES string of the molecule is Cc1cc(F)c(C(=O)CBr)c(Br)c1. The van der Waals surface area contributed by atoms with E-state index in [-0.39, 0.29) is 16.7 Å². The summed E-state index contributed by atoms with van der Waals surface area (Å²) in [6.07, 6.45) is 0. The molecule has 0 saturated heterocycles. The third kappa shape index (κ3) is 2.38. The Bertz CT molecular complexity index is 326. The number of aryl methyl sites for hydroxylation is 1. The molecule has 0 aliphatic heterocycles. The van der Waals surface area contributed by atoms with Crippen LogP contribution in [0.2, 0.25) is 0 Å². The summed E-state index contributed by atoms with van der Waals surface area (Å²) in [4.78, 5) is 11.2. The predicted octanol–water partition coefficient (Wildman–Crippen LogP) is 3.47. The van der Waals surface area contributed by atoms with Crippen LogP contribution in [0.25, 0.3) is 0 Å². The first kappa shape index (κ1) is 10.9. The van der Waals surface area contributed by atoms with Gasteiger partial charge >= 0.3 is 0 Å². The maximum Gasteiger partial charge on any atom is 0.177 e.